The summed E-state index contributed by atoms with van der Waals surface area (Å²) < 4.78 is 6.74. The number of para-hydroxylation sites is 1. The fourth-order valence-corrected chi connectivity index (χ4v) is 2.30. The summed E-state index contributed by atoms with van der Waals surface area (Å²) in [6, 6.07) is 12.8. The van der Waals surface area contributed by atoms with Gasteiger partial charge in [-0.1, -0.05) is 23.7 Å². The van der Waals surface area contributed by atoms with E-state index in [1.165, 1.54) is 6.92 Å². The minimum Gasteiger partial charge on any atom is -0.456 e. The second kappa shape index (κ2) is 5.71. The Morgan fingerprint density at radius 3 is 2.56 bits per heavy atom. The summed E-state index contributed by atoms with van der Waals surface area (Å²) >= 11 is 8.23. The number of rotatable bonds is 3. The molecular weight excluding hydrogens is 363 g/mol. The van der Waals surface area contributed by atoms with E-state index in [1.54, 1.807) is 18.2 Å². The number of Topliss-reactive ketones (excluding diaryl/α,β-unsaturated/α-hetero) is 1. The lowest BCUT2D eigenvalue weighted by atomic mass is 10.1. The molecule has 0 fully saturated rings. The normalized spacial score (nSPS) is 10.2. The quantitative estimate of drug-likeness (QED) is 0.563. The highest BCUT2D eigenvalue weighted by Crippen LogP contribution is 2.29. The van der Waals surface area contributed by atoms with Crippen molar-refractivity contribution in [1.29, 1.82) is 0 Å². The van der Waals surface area contributed by atoms with Gasteiger partial charge in [-0.2, -0.15) is 0 Å². The van der Waals surface area contributed by atoms with E-state index in [0.29, 0.717) is 16.3 Å². The van der Waals surface area contributed by atoms with Crippen LogP contribution in [0.25, 0.3) is 0 Å². The molecule has 0 spiro atoms. The SMILES string of the molecule is CC(=O)c1ccc(Oc2ccccc2I)cc1Cl. The number of hydrogen-bond acceptors (Lipinski definition) is 2. The summed E-state index contributed by atoms with van der Waals surface area (Å²) in [6.07, 6.45) is 0. The fourth-order valence-electron chi connectivity index (χ4n) is 1.50. The summed E-state index contributed by atoms with van der Waals surface area (Å²) in [5.74, 6) is 1.33. The van der Waals surface area contributed by atoms with E-state index in [0.717, 1.165) is 9.32 Å². The van der Waals surface area contributed by atoms with E-state index in [9.17, 15) is 4.79 Å². The van der Waals surface area contributed by atoms with Gasteiger partial charge in [-0.15, -0.1) is 0 Å². The molecule has 0 radical (unpaired) electrons. The lowest BCUT2D eigenvalue weighted by Gasteiger charge is -2.09. The third-order valence-electron chi connectivity index (χ3n) is 2.38. The molecule has 0 amide bonds. The van der Waals surface area contributed by atoms with Crippen molar-refractivity contribution in [3.63, 3.8) is 0 Å². The average molecular weight is 373 g/mol. The summed E-state index contributed by atoms with van der Waals surface area (Å²) in [5, 5.41) is 0.408. The molecule has 18 heavy (non-hydrogen) atoms. The lowest BCUT2D eigenvalue weighted by Crippen LogP contribution is -1.94. The van der Waals surface area contributed by atoms with Crippen LogP contribution in [0, 0.1) is 3.57 Å². The molecule has 0 N–H and O–H groups in total. The van der Waals surface area contributed by atoms with Crippen LogP contribution in [0.15, 0.2) is 42.5 Å². The zero-order valence-corrected chi connectivity index (χ0v) is 12.5. The van der Waals surface area contributed by atoms with Crippen LogP contribution < -0.4 is 4.74 Å². The maximum atomic E-state index is 11.3. The summed E-state index contributed by atoms with van der Waals surface area (Å²) in [7, 11) is 0. The first-order valence-corrected chi connectivity index (χ1v) is 6.76. The molecule has 0 aromatic heterocycles. The van der Waals surface area contributed by atoms with Crippen molar-refractivity contribution in [1.82, 2.24) is 0 Å². The molecule has 0 unspecified atom stereocenters. The number of ether oxygens (including phenoxy) is 1. The predicted molar refractivity (Wildman–Crippen MR) is 80.7 cm³/mol. The van der Waals surface area contributed by atoms with Crippen LogP contribution in [-0.4, -0.2) is 5.78 Å². The lowest BCUT2D eigenvalue weighted by molar-refractivity contribution is 0.101. The molecule has 0 atom stereocenters. The van der Waals surface area contributed by atoms with Crippen LogP contribution in [0.2, 0.25) is 5.02 Å². The summed E-state index contributed by atoms with van der Waals surface area (Å²) in [6.45, 7) is 1.49. The number of carbonyl (C=O) groups excluding carboxylic acids is 1. The van der Waals surface area contributed by atoms with E-state index in [1.807, 2.05) is 24.3 Å². The Balaban J connectivity index is 2.29. The van der Waals surface area contributed by atoms with Crippen molar-refractivity contribution >= 4 is 40.0 Å². The van der Waals surface area contributed by atoms with E-state index < -0.39 is 0 Å². The van der Waals surface area contributed by atoms with Gasteiger partial charge in [0, 0.05) is 11.6 Å². The van der Waals surface area contributed by atoms with Crippen LogP contribution in [0.3, 0.4) is 0 Å². The van der Waals surface area contributed by atoms with Gasteiger partial charge in [0.1, 0.15) is 11.5 Å². The highest BCUT2D eigenvalue weighted by Gasteiger charge is 2.08. The number of hydrogen-bond donors (Lipinski definition) is 0. The van der Waals surface area contributed by atoms with Gasteiger partial charge in [-0.3, -0.25) is 4.79 Å². The van der Waals surface area contributed by atoms with E-state index in [2.05, 4.69) is 22.6 Å². The Hall–Kier alpha value is -1.07. The van der Waals surface area contributed by atoms with Crippen molar-refractivity contribution < 1.29 is 9.53 Å². The molecular formula is C14H10ClIO2. The maximum absolute atomic E-state index is 11.3. The summed E-state index contributed by atoms with van der Waals surface area (Å²) in [5.41, 5.74) is 0.506. The van der Waals surface area contributed by atoms with Crippen molar-refractivity contribution in [2.45, 2.75) is 6.92 Å². The highest BCUT2D eigenvalue weighted by molar-refractivity contribution is 14.1. The second-order valence-corrected chi connectivity index (χ2v) is 5.30. The number of carbonyl (C=O) groups is 1. The van der Waals surface area contributed by atoms with Gasteiger partial charge >= 0.3 is 0 Å². The molecule has 0 aliphatic carbocycles. The number of halogens is 2. The zero-order valence-electron chi connectivity index (χ0n) is 9.61. The first-order valence-electron chi connectivity index (χ1n) is 5.31. The van der Waals surface area contributed by atoms with Gasteiger partial charge in [0.15, 0.2) is 5.78 Å². The van der Waals surface area contributed by atoms with Crippen molar-refractivity contribution in [2.24, 2.45) is 0 Å². The molecule has 2 rings (SSSR count). The van der Waals surface area contributed by atoms with E-state index in [4.69, 9.17) is 16.3 Å². The first-order chi connectivity index (χ1) is 8.58. The molecule has 0 saturated carbocycles. The average Bonchev–Trinajstić information content (AvgIpc) is 2.32. The van der Waals surface area contributed by atoms with Gasteiger partial charge in [-0.25, -0.2) is 0 Å². The van der Waals surface area contributed by atoms with Gasteiger partial charge in [0.05, 0.1) is 8.59 Å². The third-order valence-corrected chi connectivity index (χ3v) is 3.59. The summed E-state index contributed by atoms with van der Waals surface area (Å²) in [4.78, 5) is 11.3. The topological polar surface area (TPSA) is 26.3 Å². The molecule has 2 aromatic rings. The Morgan fingerprint density at radius 1 is 1.22 bits per heavy atom. The number of ketones is 1. The van der Waals surface area contributed by atoms with E-state index in [-0.39, 0.29) is 5.78 Å². The Bertz CT molecular complexity index is 596. The highest BCUT2D eigenvalue weighted by atomic mass is 127. The van der Waals surface area contributed by atoms with Gasteiger partial charge in [-0.05, 0) is 53.8 Å². The van der Waals surface area contributed by atoms with Crippen LogP contribution in [-0.2, 0) is 0 Å². The van der Waals surface area contributed by atoms with Crippen LogP contribution in [0.5, 0.6) is 11.5 Å². The molecule has 0 saturated heterocycles. The van der Waals surface area contributed by atoms with Crippen LogP contribution >= 0.6 is 34.2 Å². The van der Waals surface area contributed by atoms with Gasteiger partial charge in [0.25, 0.3) is 0 Å². The second-order valence-electron chi connectivity index (χ2n) is 3.73. The predicted octanol–water partition coefficient (Wildman–Crippen LogP) is 4.94. The van der Waals surface area contributed by atoms with Gasteiger partial charge in [0.2, 0.25) is 0 Å². The molecule has 0 heterocycles. The van der Waals surface area contributed by atoms with Crippen molar-refractivity contribution in [3.05, 3.63) is 56.6 Å². The van der Waals surface area contributed by atoms with Crippen LogP contribution in [0.4, 0.5) is 0 Å². The van der Waals surface area contributed by atoms with E-state index >= 15 is 0 Å². The molecule has 2 nitrogen and oxygen atoms in total. The standard InChI is InChI=1S/C14H10ClIO2/c1-9(17)11-7-6-10(8-12(11)15)18-14-5-3-2-4-13(14)16/h2-8H,1H3. The monoisotopic (exact) mass is 372 g/mol. The number of benzene rings is 2. The molecule has 0 aliphatic rings. The Kier molecular flexibility index (Phi) is 4.24. The van der Waals surface area contributed by atoms with Crippen LogP contribution in [0.1, 0.15) is 17.3 Å². The largest absolute Gasteiger partial charge is 0.456 e. The maximum Gasteiger partial charge on any atom is 0.161 e. The Morgan fingerprint density at radius 2 is 1.94 bits per heavy atom. The zero-order chi connectivity index (χ0) is 13.1. The van der Waals surface area contributed by atoms with Gasteiger partial charge < -0.3 is 4.74 Å². The minimum absolute atomic E-state index is 0.0548. The van der Waals surface area contributed by atoms with Crippen molar-refractivity contribution in [3.8, 4) is 11.5 Å². The molecule has 0 aliphatic heterocycles. The first kappa shape index (κ1) is 13.4. The van der Waals surface area contributed by atoms with Crippen molar-refractivity contribution in [2.75, 3.05) is 0 Å². The molecule has 4 heteroatoms. The Labute approximate surface area is 124 Å². The molecule has 2 aromatic carbocycles. The smallest absolute Gasteiger partial charge is 0.161 e. The minimum atomic E-state index is -0.0548. The molecule has 92 valence electrons. The third kappa shape index (κ3) is 3.03. The molecule has 0 bridgehead atoms. The fraction of sp³-hybridized carbons (Fsp3) is 0.0714.